The summed E-state index contributed by atoms with van der Waals surface area (Å²) in [5.74, 6) is -3.99. The third-order valence-electron chi connectivity index (χ3n) is 5.82. The van der Waals surface area contributed by atoms with Crippen LogP contribution in [0.5, 0.6) is 0 Å². The number of esters is 1. The van der Waals surface area contributed by atoms with Crippen molar-refractivity contribution < 1.29 is 39.2 Å². The van der Waals surface area contributed by atoms with Crippen LogP contribution in [0.25, 0.3) is 0 Å². The van der Waals surface area contributed by atoms with Gasteiger partial charge in [-0.05, 0) is 38.0 Å². The molecule has 2 unspecified atom stereocenters. The molecule has 1 aliphatic carbocycles. The number of carboxylic acids is 3. The zero-order chi connectivity index (χ0) is 22.6. The van der Waals surface area contributed by atoms with Gasteiger partial charge in [0.25, 0.3) is 0 Å². The summed E-state index contributed by atoms with van der Waals surface area (Å²) in [6, 6.07) is 0. The summed E-state index contributed by atoms with van der Waals surface area (Å²) in [5.41, 5.74) is -0.887. The first-order valence-corrected chi connectivity index (χ1v) is 10.3. The number of hydrogen-bond acceptors (Lipinski definition) is 5. The van der Waals surface area contributed by atoms with Gasteiger partial charge < -0.3 is 20.1 Å². The van der Waals surface area contributed by atoms with Crippen molar-refractivity contribution in [3.05, 3.63) is 0 Å². The molecule has 8 heteroatoms. The van der Waals surface area contributed by atoms with Crippen molar-refractivity contribution in [1.29, 1.82) is 0 Å². The number of rotatable bonds is 10. The third kappa shape index (κ3) is 8.83. The minimum Gasteiger partial charge on any atom is -0.481 e. The summed E-state index contributed by atoms with van der Waals surface area (Å²) < 4.78 is 4.96. The van der Waals surface area contributed by atoms with Gasteiger partial charge in [0.1, 0.15) is 0 Å². The second-order valence-corrected chi connectivity index (χ2v) is 7.90. The minimum absolute atomic E-state index is 0.0438. The monoisotopic (exact) mass is 416 g/mol. The average Bonchev–Trinajstić information content (AvgIpc) is 2.64. The van der Waals surface area contributed by atoms with Crippen LogP contribution < -0.4 is 0 Å². The van der Waals surface area contributed by atoms with E-state index < -0.39 is 35.2 Å². The van der Waals surface area contributed by atoms with Crippen LogP contribution in [0, 0.1) is 23.2 Å². The standard InChI is InChI=1S/C11H20O4.C10H16O4/c1-5-11(8(3)4,7-9(12)13)10(14)15-6-2;11-9(12)6-8(10(13)14)7-4-2-1-3-5-7/h8H,5-7H2,1-4H3,(H,12,13);7-8H,1-6H2,(H,11,12)(H,13,14). The van der Waals surface area contributed by atoms with Gasteiger partial charge in [0.15, 0.2) is 0 Å². The van der Waals surface area contributed by atoms with Gasteiger partial charge in [-0.15, -0.1) is 0 Å². The molecule has 0 aromatic rings. The van der Waals surface area contributed by atoms with Crippen LogP contribution in [0.4, 0.5) is 0 Å². The highest BCUT2D eigenvalue weighted by Crippen LogP contribution is 2.36. The lowest BCUT2D eigenvalue weighted by molar-refractivity contribution is -0.164. The van der Waals surface area contributed by atoms with Gasteiger partial charge in [-0.25, -0.2) is 0 Å². The summed E-state index contributed by atoms with van der Waals surface area (Å²) in [6.45, 7) is 7.53. The molecule has 0 aliphatic heterocycles. The zero-order valence-electron chi connectivity index (χ0n) is 18.0. The number of carbonyl (C=O) groups is 4. The lowest BCUT2D eigenvalue weighted by Crippen LogP contribution is -2.39. The van der Waals surface area contributed by atoms with E-state index >= 15 is 0 Å². The van der Waals surface area contributed by atoms with Crippen molar-refractivity contribution in [2.45, 2.75) is 79.1 Å². The molecule has 0 bridgehead atoms. The minimum atomic E-state index is -1.01. The maximum atomic E-state index is 11.8. The fraction of sp³-hybridized carbons (Fsp3) is 0.810. The van der Waals surface area contributed by atoms with E-state index in [9.17, 15) is 19.2 Å². The van der Waals surface area contributed by atoms with Crippen LogP contribution in [0.2, 0.25) is 0 Å². The van der Waals surface area contributed by atoms with Gasteiger partial charge in [-0.3, -0.25) is 19.2 Å². The molecule has 0 aromatic heterocycles. The average molecular weight is 417 g/mol. The van der Waals surface area contributed by atoms with E-state index in [0.29, 0.717) is 6.42 Å². The van der Waals surface area contributed by atoms with E-state index in [-0.39, 0.29) is 31.3 Å². The maximum Gasteiger partial charge on any atom is 0.312 e. The van der Waals surface area contributed by atoms with Crippen LogP contribution in [-0.4, -0.2) is 45.8 Å². The Kier molecular flexibility index (Phi) is 12.2. The first-order chi connectivity index (χ1) is 13.5. The number of carbonyl (C=O) groups excluding carboxylic acids is 1. The summed E-state index contributed by atoms with van der Waals surface area (Å²) in [5, 5.41) is 26.3. The van der Waals surface area contributed by atoms with Crippen LogP contribution in [0.1, 0.15) is 79.1 Å². The van der Waals surface area contributed by atoms with Gasteiger partial charge in [-0.1, -0.05) is 40.0 Å². The Balaban J connectivity index is 0.000000541. The van der Waals surface area contributed by atoms with Gasteiger partial charge >= 0.3 is 23.9 Å². The van der Waals surface area contributed by atoms with E-state index in [1.807, 2.05) is 20.8 Å². The SMILES string of the molecule is CCOC(=O)C(CC)(CC(=O)O)C(C)C.O=C(O)CC(C(=O)O)C1CCCCC1. The molecule has 8 nitrogen and oxygen atoms in total. The Morgan fingerprint density at radius 2 is 1.52 bits per heavy atom. The highest BCUT2D eigenvalue weighted by Gasteiger charge is 2.43. The van der Waals surface area contributed by atoms with Crippen molar-refractivity contribution in [3.63, 3.8) is 0 Å². The topological polar surface area (TPSA) is 138 Å². The molecular weight excluding hydrogens is 380 g/mol. The molecule has 29 heavy (non-hydrogen) atoms. The Morgan fingerprint density at radius 3 is 1.86 bits per heavy atom. The number of ether oxygens (including phenoxy) is 1. The summed E-state index contributed by atoms with van der Waals surface area (Å²) >= 11 is 0. The van der Waals surface area contributed by atoms with Gasteiger partial charge in [0.2, 0.25) is 0 Å². The normalized spacial score (nSPS) is 17.4. The maximum absolute atomic E-state index is 11.8. The van der Waals surface area contributed by atoms with Crippen molar-refractivity contribution in [2.24, 2.45) is 23.2 Å². The number of hydrogen-bond donors (Lipinski definition) is 3. The summed E-state index contributed by atoms with van der Waals surface area (Å²) in [4.78, 5) is 43.9. The molecule has 0 saturated heterocycles. The van der Waals surface area contributed by atoms with Crippen LogP contribution in [0.15, 0.2) is 0 Å². The fourth-order valence-electron chi connectivity index (χ4n) is 3.91. The van der Waals surface area contributed by atoms with Crippen molar-refractivity contribution in [3.8, 4) is 0 Å². The van der Waals surface area contributed by atoms with Crippen LogP contribution in [0.3, 0.4) is 0 Å². The molecule has 1 fully saturated rings. The van der Waals surface area contributed by atoms with Crippen molar-refractivity contribution >= 4 is 23.9 Å². The molecule has 3 N–H and O–H groups in total. The quantitative estimate of drug-likeness (QED) is 0.457. The van der Waals surface area contributed by atoms with E-state index in [1.165, 1.54) is 0 Å². The number of carboxylic acid groups (broad SMARTS) is 3. The fourth-order valence-corrected chi connectivity index (χ4v) is 3.91. The smallest absolute Gasteiger partial charge is 0.312 e. The van der Waals surface area contributed by atoms with Crippen molar-refractivity contribution in [1.82, 2.24) is 0 Å². The van der Waals surface area contributed by atoms with E-state index in [1.54, 1.807) is 6.92 Å². The summed E-state index contributed by atoms with van der Waals surface area (Å²) in [6.07, 6.45) is 5.03. The highest BCUT2D eigenvalue weighted by molar-refractivity contribution is 5.83. The second-order valence-electron chi connectivity index (χ2n) is 7.90. The largest absolute Gasteiger partial charge is 0.481 e. The first kappa shape index (κ1) is 26.9. The lowest BCUT2D eigenvalue weighted by atomic mass is 9.72. The van der Waals surface area contributed by atoms with Gasteiger partial charge in [-0.2, -0.15) is 0 Å². The molecule has 2 atom stereocenters. The Hall–Kier alpha value is -2.12. The van der Waals surface area contributed by atoms with Crippen LogP contribution in [-0.2, 0) is 23.9 Å². The van der Waals surface area contributed by atoms with Gasteiger partial charge in [0.05, 0.1) is 30.8 Å². The molecule has 0 spiro atoms. The Morgan fingerprint density at radius 1 is 0.966 bits per heavy atom. The highest BCUT2D eigenvalue weighted by atomic mass is 16.5. The molecule has 0 heterocycles. The predicted molar refractivity (Wildman–Crippen MR) is 106 cm³/mol. The zero-order valence-corrected chi connectivity index (χ0v) is 18.0. The summed E-state index contributed by atoms with van der Waals surface area (Å²) in [7, 11) is 0. The van der Waals surface area contributed by atoms with E-state index in [2.05, 4.69) is 0 Å². The Labute approximate surface area is 172 Å². The molecule has 0 aromatic carbocycles. The predicted octanol–water partition coefficient (Wildman–Crippen LogP) is 3.82. The third-order valence-corrected chi connectivity index (χ3v) is 5.82. The molecule has 0 amide bonds. The Bertz CT molecular complexity index is 551. The first-order valence-electron chi connectivity index (χ1n) is 10.3. The van der Waals surface area contributed by atoms with E-state index in [4.69, 9.17) is 20.1 Å². The molecular formula is C21H36O8. The van der Waals surface area contributed by atoms with Crippen molar-refractivity contribution in [2.75, 3.05) is 6.61 Å². The molecule has 0 radical (unpaired) electrons. The number of aliphatic carboxylic acids is 3. The second kappa shape index (κ2) is 13.2. The molecule has 1 saturated carbocycles. The van der Waals surface area contributed by atoms with Crippen LogP contribution >= 0.6 is 0 Å². The molecule has 1 aliphatic rings. The molecule has 168 valence electrons. The molecule has 1 rings (SSSR count). The van der Waals surface area contributed by atoms with Gasteiger partial charge in [0, 0.05) is 0 Å². The van der Waals surface area contributed by atoms with E-state index in [0.717, 1.165) is 32.1 Å². The lowest BCUT2D eigenvalue weighted by Gasteiger charge is -2.32.